The Balaban J connectivity index is 0. The monoisotopic (exact) mass is 93.1 g/mol. The average Bonchev–Trinajstić information content (AvgIpc) is 1.65. The molecular weight excluding hydrogens is 85.0 g/mol. The van der Waals surface area contributed by atoms with Crippen molar-refractivity contribution in [2.45, 2.75) is 0 Å². The van der Waals surface area contributed by atoms with Gasteiger partial charge in [0.15, 0.2) is 0 Å². The zero-order valence-electron chi connectivity index (χ0n) is 5.06. The third-order valence-electron chi connectivity index (χ3n) is 0.497. The van der Waals surface area contributed by atoms with Crippen molar-refractivity contribution < 1.29 is 23.7 Å². The van der Waals surface area contributed by atoms with Gasteiger partial charge in [0.05, 0.1) is 7.11 Å². The summed E-state index contributed by atoms with van der Waals surface area (Å²) in [5.74, 6) is 0. The SMILES string of the molecule is C=[C-]N(C)OC.[Li+]. The van der Waals surface area contributed by atoms with Gasteiger partial charge in [-0.25, -0.2) is 0 Å². The normalized spacial score (nSPS) is 6.57. The molecule has 36 valence electrons. The minimum Gasteiger partial charge on any atom is -0.438 e. The number of nitrogens with zero attached hydrogens (tertiary/aromatic N) is 1. The van der Waals surface area contributed by atoms with E-state index >= 15 is 0 Å². The van der Waals surface area contributed by atoms with Gasteiger partial charge in [-0.2, -0.15) is 0 Å². The molecule has 0 aromatic carbocycles. The van der Waals surface area contributed by atoms with Gasteiger partial charge >= 0.3 is 18.9 Å². The second-order valence-electron chi connectivity index (χ2n) is 0.838. The molecule has 0 heterocycles. The minimum atomic E-state index is 0. The third kappa shape index (κ3) is 6.10. The first kappa shape index (κ1) is 10.2. The van der Waals surface area contributed by atoms with Crippen molar-refractivity contribution in [3.8, 4) is 0 Å². The van der Waals surface area contributed by atoms with Crippen LogP contribution in [0.2, 0.25) is 0 Å². The summed E-state index contributed by atoms with van der Waals surface area (Å²) in [5.41, 5.74) is 0. The zero-order chi connectivity index (χ0) is 4.99. The topological polar surface area (TPSA) is 12.5 Å². The molecule has 0 bridgehead atoms. The Bertz CT molecular complexity index is 49.0. The van der Waals surface area contributed by atoms with E-state index in [-0.39, 0.29) is 18.9 Å². The summed E-state index contributed by atoms with van der Waals surface area (Å²) in [5, 5.41) is 1.39. The maximum absolute atomic E-state index is 4.56. The molecule has 0 aliphatic rings. The number of hydroxylamine groups is 2. The molecule has 0 spiro atoms. The van der Waals surface area contributed by atoms with Gasteiger partial charge in [0.25, 0.3) is 0 Å². The van der Waals surface area contributed by atoms with Gasteiger partial charge in [0, 0.05) is 0 Å². The van der Waals surface area contributed by atoms with Crippen LogP contribution < -0.4 is 18.9 Å². The van der Waals surface area contributed by atoms with Crippen molar-refractivity contribution in [2.75, 3.05) is 14.2 Å². The Kier molecular flexibility index (Phi) is 8.85. The number of rotatable bonds is 2. The Morgan fingerprint density at radius 3 is 2.14 bits per heavy atom. The van der Waals surface area contributed by atoms with Crippen molar-refractivity contribution >= 4 is 0 Å². The van der Waals surface area contributed by atoms with Gasteiger partial charge in [-0.15, -0.1) is 0 Å². The Labute approximate surface area is 56.3 Å². The van der Waals surface area contributed by atoms with E-state index in [1.165, 1.54) is 5.06 Å². The molecule has 0 unspecified atom stereocenters. The van der Waals surface area contributed by atoms with Crippen LogP contribution in [0.25, 0.3) is 0 Å². The van der Waals surface area contributed by atoms with Gasteiger partial charge in [-0.1, -0.05) is 0 Å². The average molecular weight is 93.1 g/mol. The summed E-state index contributed by atoms with van der Waals surface area (Å²) in [6.07, 6.45) is 2.48. The van der Waals surface area contributed by atoms with E-state index in [1.54, 1.807) is 14.2 Å². The summed E-state index contributed by atoms with van der Waals surface area (Å²) in [6, 6.07) is 0. The van der Waals surface area contributed by atoms with Crippen molar-refractivity contribution in [1.29, 1.82) is 0 Å². The van der Waals surface area contributed by atoms with Crippen LogP contribution in [0.5, 0.6) is 0 Å². The molecule has 0 N–H and O–H groups in total. The zero-order valence-corrected chi connectivity index (χ0v) is 5.06. The van der Waals surface area contributed by atoms with Crippen LogP contribution in [-0.4, -0.2) is 19.2 Å². The van der Waals surface area contributed by atoms with Crippen LogP contribution in [0.3, 0.4) is 0 Å². The van der Waals surface area contributed by atoms with E-state index in [0.717, 1.165) is 0 Å². The second-order valence-corrected chi connectivity index (χ2v) is 0.838. The quantitative estimate of drug-likeness (QED) is 0.161. The fourth-order valence-electron chi connectivity index (χ4n) is 0.0645. The van der Waals surface area contributed by atoms with E-state index < -0.39 is 0 Å². The molecule has 0 saturated heterocycles. The molecule has 0 rings (SSSR count). The minimum absolute atomic E-state index is 0. The third-order valence-corrected chi connectivity index (χ3v) is 0.497. The predicted octanol–water partition coefficient (Wildman–Crippen LogP) is -2.57. The van der Waals surface area contributed by atoms with E-state index in [9.17, 15) is 0 Å². The van der Waals surface area contributed by atoms with Crippen molar-refractivity contribution in [2.24, 2.45) is 0 Å². The first-order chi connectivity index (χ1) is 2.81. The molecule has 0 saturated carbocycles. The smallest absolute Gasteiger partial charge is 0.438 e. The largest absolute Gasteiger partial charge is 1.00 e. The van der Waals surface area contributed by atoms with E-state index in [4.69, 9.17) is 0 Å². The Morgan fingerprint density at radius 1 is 1.71 bits per heavy atom. The molecule has 0 aliphatic heterocycles. The van der Waals surface area contributed by atoms with Gasteiger partial charge in [0.1, 0.15) is 0 Å². The van der Waals surface area contributed by atoms with Gasteiger partial charge in [-0.05, 0) is 7.05 Å². The number of hydrogen-bond donors (Lipinski definition) is 0. The summed E-state index contributed by atoms with van der Waals surface area (Å²) >= 11 is 0. The second kappa shape index (κ2) is 6.10. The summed E-state index contributed by atoms with van der Waals surface area (Å²) in [6.45, 7) is 3.31. The molecule has 0 atom stereocenters. The van der Waals surface area contributed by atoms with Crippen LogP contribution in [0, 0.1) is 6.20 Å². The molecule has 0 radical (unpaired) electrons. The Morgan fingerprint density at radius 2 is 2.14 bits per heavy atom. The first-order valence-corrected chi connectivity index (χ1v) is 1.62. The van der Waals surface area contributed by atoms with Crippen LogP contribution in [-0.2, 0) is 4.84 Å². The van der Waals surface area contributed by atoms with Crippen molar-refractivity contribution in [3.63, 3.8) is 0 Å². The molecule has 2 nitrogen and oxygen atoms in total. The van der Waals surface area contributed by atoms with Crippen LogP contribution in [0.15, 0.2) is 6.58 Å². The maximum atomic E-state index is 4.56. The van der Waals surface area contributed by atoms with E-state index in [1.807, 2.05) is 0 Å². The maximum Gasteiger partial charge on any atom is 1.00 e. The first-order valence-electron chi connectivity index (χ1n) is 1.62. The summed E-state index contributed by atoms with van der Waals surface area (Å²) < 4.78 is 0. The fraction of sp³-hybridized carbons (Fsp3) is 0.500. The standard InChI is InChI=1S/C4H8NO.Li/c1-4-5(2)6-3;/h1H2,2-3H3;/q-1;+1. The molecule has 0 fully saturated rings. The molecule has 0 amide bonds. The van der Waals surface area contributed by atoms with E-state index in [0.29, 0.717) is 0 Å². The van der Waals surface area contributed by atoms with Crippen LogP contribution in [0.1, 0.15) is 0 Å². The Hall–Kier alpha value is 0.0974. The fourth-order valence-corrected chi connectivity index (χ4v) is 0.0645. The predicted molar refractivity (Wildman–Crippen MR) is 23.6 cm³/mol. The molecule has 0 aromatic heterocycles. The van der Waals surface area contributed by atoms with E-state index in [2.05, 4.69) is 17.6 Å². The van der Waals surface area contributed by atoms with Gasteiger partial charge in [0.2, 0.25) is 0 Å². The molecular formula is C4H8LiNO. The van der Waals surface area contributed by atoms with Crippen molar-refractivity contribution in [1.82, 2.24) is 5.06 Å². The number of hydrogen-bond acceptors (Lipinski definition) is 2. The van der Waals surface area contributed by atoms with Gasteiger partial charge < -0.3 is 16.1 Å². The van der Waals surface area contributed by atoms with Crippen LogP contribution >= 0.6 is 0 Å². The molecule has 3 heteroatoms. The van der Waals surface area contributed by atoms with Gasteiger partial charge in [-0.3, -0.25) is 6.58 Å². The van der Waals surface area contributed by atoms with Crippen molar-refractivity contribution in [3.05, 3.63) is 12.8 Å². The molecule has 0 aliphatic carbocycles. The summed E-state index contributed by atoms with van der Waals surface area (Å²) in [4.78, 5) is 4.56. The molecule has 7 heavy (non-hydrogen) atoms. The molecule has 0 aromatic rings. The van der Waals surface area contributed by atoms with Crippen LogP contribution in [0.4, 0.5) is 0 Å². The summed E-state index contributed by atoms with van der Waals surface area (Å²) in [7, 11) is 3.27.